The summed E-state index contributed by atoms with van der Waals surface area (Å²) >= 11 is 0. The van der Waals surface area contributed by atoms with Crippen molar-refractivity contribution in [3.8, 4) is 0 Å². The quantitative estimate of drug-likeness (QED) is 0.686. The molecule has 1 rings (SSSR count). The molecule has 0 heterocycles. The molecule has 0 fully saturated rings. The molecule has 0 aliphatic rings. The van der Waals surface area contributed by atoms with Crippen LogP contribution < -0.4 is 5.32 Å². The first-order valence-electron chi connectivity index (χ1n) is 7.97. The van der Waals surface area contributed by atoms with E-state index in [1.165, 1.54) is 0 Å². The third-order valence-corrected chi connectivity index (χ3v) is 3.60. The van der Waals surface area contributed by atoms with Crippen molar-refractivity contribution in [2.24, 2.45) is 5.92 Å². The summed E-state index contributed by atoms with van der Waals surface area (Å²) in [6.07, 6.45) is 1.35. The van der Waals surface area contributed by atoms with E-state index >= 15 is 0 Å². The van der Waals surface area contributed by atoms with Crippen LogP contribution in [0.2, 0.25) is 0 Å². The van der Waals surface area contributed by atoms with Crippen LogP contribution in [0.5, 0.6) is 0 Å². The van der Waals surface area contributed by atoms with Crippen LogP contribution in [0.1, 0.15) is 56.0 Å². The van der Waals surface area contributed by atoms with Gasteiger partial charge in [0.1, 0.15) is 6.04 Å². The Balaban J connectivity index is 2.50. The van der Waals surface area contributed by atoms with E-state index < -0.39 is 17.9 Å². The van der Waals surface area contributed by atoms with Gasteiger partial charge in [-0.1, -0.05) is 45.0 Å². The van der Waals surface area contributed by atoms with Crippen LogP contribution in [-0.2, 0) is 16.0 Å². The monoisotopic (exact) mass is 319 g/mol. The summed E-state index contributed by atoms with van der Waals surface area (Å²) in [4.78, 5) is 35.0. The lowest BCUT2D eigenvalue weighted by molar-refractivity contribution is -0.142. The zero-order valence-electron chi connectivity index (χ0n) is 14.0. The van der Waals surface area contributed by atoms with E-state index in [2.05, 4.69) is 5.32 Å². The number of hydrogen-bond donors (Lipinski definition) is 2. The van der Waals surface area contributed by atoms with E-state index in [1.54, 1.807) is 12.1 Å². The molecule has 1 aromatic rings. The molecule has 0 aliphatic carbocycles. The number of amides is 1. The third-order valence-electron chi connectivity index (χ3n) is 3.60. The lowest BCUT2D eigenvalue weighted by atomic mass is 10.0. The molecule has 1 atom stereocenters. The predicted octanol–water partition coefficient (Wildman–Crippen LogP) is 2.83. The Morgan fingerprint density at radius 2 is 1.70 bits per heavy atom. The van der Waals surface area contributed by atoms with E-state index in [0.717, 1.165) is 12.0 Å². The van der Waals surface area contributed by atoms with Gasteiger partial charge in [-0.25, -0.2) is 4.79 Å². The van der Waals surface area contributed by atoms with Gasteiger partial charge in [0.05, 0.1) is 0 Å². The normalized spacial score (nSPS) is 12.0. The summed E-state index contributed by atoms with van der Waals surface area (Å²) in [6.45, 7) is 5.83. The number of Topliss-reactive ketones (excluding diaryl/α,β-unsaturated/α-hetero) is 1. The van der Waals surface area contributed by atoms with Crippen LogP contribution in [-0.4, -0.2) is 28.8 Å². The minimum absolute atomic E-state index is 0.00373. The summed E-state index contributed by atoms with van der Waals surface area (Å²) in [5, 5.41) is 11.6. The van der Waals surface area contributed by atoms with Crippen molar-refractivity contribution in [2.45, 2.75) is 52.5 Å². The lowest BCUT2D eigenvalue weighted by Crippen LogP contribution is -2.41. The van der Waals surface area contributed by atoms with Gasteiger partial charge >= 0.3 is 5.97 Å². The van der Waals surface area contributed by atoms with Crippen molar-refractivity contribution in [1.82, 2.24) is 5.32 Å². The zero-order valence-corrected chi connectivity index (χ0v) is 14.0. The number of rotatable bonds is 9. The number of ketones is 1. The Kier molecular flexibility index (Phi) is 7.45. The molecule has 0 aliphatic heterocycles. The van der Waals surface area contributed by atoms with E-state index in [-0.39, 0.29) is 24.5 Å². The molecule has 0 saturated carbocycles. The van der Waals surface area contributed by atoms with Gasteiger partial charge < -0.3 is 10.4 Å². The standard InChI is InChI=1S/C18H25NO4/c1-4-13-5-7-14(8-6-13)16(20)9-10-17(21)19-15(18(22)23)11-12(2)3/h5-8,12,15H,4,9-11H2,1-3H3,(H,19,21)(H,22,23)/t15-/m0/s1. The Labute approximate surface area is 137 Å². The molecule has 23 heavy (non-hydrogen) atoms. The van der Waals surface area contributed by atoms with Gasteiger partial charge in [-0.2, -0.15) is 0 Å². The number of aliphatic carboxylic acids is 1. The van der Waals surface area contributed by atoms with Crippen molar-refractivity contribution in [3.63, 3.8) is 0 Å². The first-order valence-corrected chi connectivity index (χ1v) is 7.97. The number of benzene rings is 1. The van der Waals surface area contributed by atoms with Crippen LogP contribution in [0, 0.1) is 5.92 Å². The number of hydrogen-bond acceptors (Lipinski definition) is 3. The highest BCUT2D eigenvalue weighted by molar-refractivity contribution is 5.98. The summed E-state index contributed by atoms with van der Waals surface area (Å²) in [6, 6.07) is 6.42. The molecule has 2 N–H and O–H groups in total. The predicted molar refractivity (Wildman–Crippen MR) is 88.4 cm³/mol. The second kappa shape index (κ2) is 9.08. The number of carbonyl (C=O) groups is 3. The topological polar surface area (TPSA) is 83.5 Å². The molecular formula is C18H25NO4. The van der Waals surface area contributed by atoms with E-state index in [4.69, 9.17) is 5.11 Å². The van der Waals surface area contributed by atoms with Gasteiger partial charge in [-0.15, -0.1) is 0 Å². The number of carbonyl (C=O) groups excluding carboxylic acids is 2. The molecule has 0 saturated heterocycles. The third kappa shape index (κ3) is 6.63. The van der Waals surface area contributed by atoms with Crippen molar-refractivity contribution in [2.75, 3.05) is 0 Å². The van der Waals surface area contributed by atoms with Crippen molar-refractivity contribution in [1.29, 1.82) is 0 Å². The summed E-state index contributed by atoms with van der Waals surface area (Å²) in [5.74, 6) is -1.40. The maximum Gasteiger partial charge on any atom is 0.326 e. The highest BCUT2D eigenvalue weighted by Gasteiger charge is 2.21. The Bertz CT molecular complexity index is 549. The number of carboxylic acids is 1. The minimum atomic E-state index is -1.05. The molecule has 5 heteroatoms. The average Bonchev–Trinajstić information content (AvgIpc) is 2.51. The first-order chi connectivity index (χ1) is 10.8. The van der Waals surface area contributed by atoms with Gasteiger partial charge in [0.15, 0.2) is 5.78 Å². The molecule has 0 spiro atoms. The van der Waals surface area contributed by atoms with Gasteiger partial charge in [0, 0.05) is 18.4 Å². The molecule has 5 nitrogen and oxygen atoms in total. The molecule has 0 aromatic heterocycles. The van der Waals surface area contributed by atoms with E-state index in [9.17, 15) is 14.4 Å². The summed E-state index contributed by atoms with van der Waals surface area (Å²) in [5.41, 5.74) is 1.73. The highest BCUT2D eigenvalue weighted by atomic mass is 16.4. The zero-order chi connectivity index (χ0) is 17.4. The Morgan fingerprint density at radius 1 is 1.09 bits per heavy atom. The number of aryl methyl sites for hydroxylation is 1. The van der Waals surface area contributed by atoms with Gasteiger partial charge in [-0.05, 0) is 24.3 Å². The smallest absolute Gasteiger partial charge is 0.326 e. The van der Waals surface area contributed by atoms with Crippen molar-refractivity contribution in [3.05, 3.63) is 35.4 Å². The van der Waals surface area contributed by atoms with E-state index in [1.807, 2.05) is 32.9 Å². The molecule has 0 radical (unpaired) electrons. The minimum Gasteiger partial charge on any atom is -0.480 e. The summed E-state index contributed by atoms with van der Waals surface area (Å²) < 4.78 is 0. The SMILES string of the molecule is CCc1ccc(C(=O)CCC(=O)N[C@@H](CC(C)C)C(=O)O)cc1. The number of nitrogens with one attached hydrogen (secondary N) is 1. The number of carboxylic acid groups (broad SMARTS) is 1. The Morgan fingerprint density at radius 3 is 2.17 bits per heavy atom. The van der Waals surface area contributed by atoms with Crippen LogP contribution in [0.15, 0.2) is 24.3 Å². The average molecular weight is 319 g/mol. The maximum absolute atomic E-state index is 12.0. The van der Waals surface area contributed by atoms with Crippen LogP contribution in [0.25, 0.3) is 0 Å². The Hall–Kier alpha value is -2.17. The van der Waals surface area contributed by atoms with Gasteiger partial charge in [0.25, 0.3) is 0 Å². The molecule has 1 amide bonds. The van der Waals surface area contributed by atoms with Crippen molar-refractivity contribution >= 4 is 17.7 Å². The fraction of sp³-hybridized carbons (Fsp3) is 0.500. The second-order valence-corrected chi connectivity index (χ2v) is 6.06. The second-order valence-electron chi connectivity index (χ2n) is 6.06. The van der Waals surface area contributed by atoms with Gasteiger partial charge in [-0.3, -0.25) is 9.59 Å². The van der Waals surface area contributed by atoms with Crippen molar-refractivity contribution < 1.29 is 19.5 Å². The largest absolute Gasteiger partial charge is 0.480 e. The molecular weight excluding hydrogens is 294 g/mol. The van der Waals surface area contributed by atoms with Crippen LogP contribution in [0.4, 0.5) is 0 Å². The molecule has 0 bridgehead atoms. The molecule has 0 unspecified atom stereocenters. The summed E-state index contributed by atoms with van der Waals surface area (Å²) in [7, 11) is 0. The van der Waals surface area contributed by atoms with Crippen LogP contribution >= 0.6 is 0 Å². The fourth-order valence-corrected chi connectivity index (χ4v) is 2.26. The van der Waals surface area contributed by atoms with Gasteiger partial charge in [0.2, 0.25) is 5.91 Å². The lowest BCUT2D eigenvalue weighted by Gasteiger charge is -2.16. The maximum atomic E-state index is 12.0. The first kappa shape index (κ1) is 18.9. The highest BCUT2D eigenvalue weighted by Crippen LogP contribution is 2.10. The molecule has 126 valence electrons. The fourth-order valence-electron chi connectivity index (χ4n) is 2.26. The van der Waals surface area contributed by atoms with Crippen LogP contribution in [0.3, 0.4) is 0 Å². The molecule has 1 aromatic carbocycles. The van der Waals surface area contributed by atoms with E-state index in [0.29, 0.717) is 12.0 Å².